The van der Waals surface area contributed by atoms with E-state index in [2.05, 4.69) is 61.5 Å². The molecule has 0 radical (unpaired) electrons. The maximum Gasteiger partial charge on any atom is 0.309 e. The van der Waals surface area contributed by atoms with Gasteiger partial charge < -0.3 is 39.7 Å². The molecule has 0 bridgehead atoms. The maximum absolute atomic E-state index is 12.3. The van der Waals surface area contributed by atoms with Gasteiger partial charge in [0.15, 0.2) is 11.6 Å². The number of carbonyl (C=O) groups is 10. The summed E-state index contributed by atoms with van der Waals surface area (Å²) in [6, 6.07) is 0. The first-order chi connectivity index (χ1) is 57.4. The Kier molecular flexibility index (Phi) is 77.2. The predicted molar refractivity (Wildman–Crippen MR) is 502 cm³/mol. The van der Waals surface area contributed by atoms with Gasteiger partial charge in [0.2, 0.25) is 0 Å². The van der Waals surface area contributed by atoms with Crippen LogP contribution in [0.1, 0.15) is 505 Å². The van der Waals surface area contributed by atoms with E-state index < -0.39 is 0 Å². The number of aliphatic hydroxyl groups excluding tert-OH is 1. The van der Waals surface area contributed by atoms with Gasteiger partial charge in [-0.3, -0.25) is 43.2 Å². The van der Waals surface area contributed by atoms with Gasteiger partial charge in [-0.15, -0.1) is 0 Å². The van der Waals surface area contributed by atoms with E-state index in [0.29, 0.717) is 76.6 Å². The van der Waals surface area contributed by atoms with Crippen LogP contribution in [0.5, 0.6) is 0 Å². The zero-order valence-electron chi connectivity index (χ0n) is 80.6. The SMILES string of the molecule is CCCC/C=C1\CCCC1=O.CCCCC(O)C1CCCC1=O.CCCCC=O.CCCCCC1CCC(=C2CCCC2)C1=O.CCCCCC1CCC(C2CCCC2)C(=O)O1.CCCCCC1CCC(C2CCCC2)C1=O.CCCCCC1CCC(C2CCCC2)OC1=O.CCCCCC1CCCC1=O.O.O=C1CCCC1.O=C1CCCC1.[CH3-].[CH3-].[Pd].[Pd]. The number of aldehydes is 1. The summed E-state index contributed by atoms with van der Waals surface area (Å²) in [7, 11) is 0. The number of rotatable bonds is 33. The zero-order valence-corrected chi connectivity index (χ0v) is 83.7. The number of aliphatic hydroxyl groups is 1. The normalized spacial score (nSPS) is 25.1. The fraction of sp³-hybridized carbons (Fsp3) is 0.850. The third kappa shape index (κ3) is 51.4. The predicted octanol–water partition coefficient (Wildman–Crippen LogP) is 28.3. The third-order valence-electron chi connectivity index (χ3n) is 28.3. The molecule has 0 aromatic carbocycles. The Labute approximate surface area is 782 Å². The monoisotopic (exact) mass is 1910 g/mol. The van der Waals surface area contributed by atoms with E-state index >= 15 is 0 Å². The number of ether oxygens (including phenoxy) is 2. The van der Waals surface area contributed by atoms with Gasteiger partial charge in [0, 0.05) is 122 Å². The average Bonchev–Trinajstić information content (AvgIpc) is 1.76. The van der Waals surface area contributed by atoms with Crippen LogP contribution >= 0.6 is 0 Å². The van der Waals surface area contributed by atoms with Crippen LogP contribution in [0.25, 0.3) is 0 Å². The minimum absolute atomic E-state index is 0. The first-order valence-electron chi connectivity index (χ1n) is 51.0. The molecule has 10 unspecified atom stereocenters. The van der Waals surface area contributed by atoms with Crippen molar-refractivity contribution in [2.75, 3.05) is 0 Å². The number of Topliss-reactive ketones (excluding diaryl/α,β-unsaturated/α-hetero) is 7. The smallest absolute Gasteiger partial charge is 0.309 e. The van der Waals surface area contributed by atoms with Gasteiger partial charge in [0.1, 0.15) is 47.4 Å². The molecule has 123 heavy (non-hydrogen) atoms. The van der Waals surface area contributed by atoms with Gasteiger partial charge in [0.05, 0.1) is 17.9 Å². The van der Waals surface area contributed by atoms with E-state index in [-0.39, 0.29) is 115 Å². The van der Waals surface area contributed by atoms with Gasteiger partial charge in [-0.25, -0.2) is 0 Å². The molecule has 0 aromatic rings. The molecule has 0 amide bonds. The van der Waals surface area contributed by atoms with E-state index in [0.717, 1.165) is 223 Å². The Morgan fingerprint density at radius 1 is 0.358 bits per heavy atom. The molecule has 13 rings (SSSR count). The molecule has 10 atom stereocenters. The second-order valence-corrected chi connectivity index (χ2v) is 38.0. The average molecular weight is 1910 g/mol. The first-order valence-corrected chi connectivity index (χ1v) is 51.0. The molecular weight excluding hydrogens is 1720 g/mol. The number of allylic oxidation sites excluding steroid dienone is 4. The standard InChI is InChI=1S/2C15H26O2.C15H26O.C15H24O.C10H18O2.C10H18O.C10H16O.2C5H8O.C5H10O.2CH3.H2O.2Pd/c1-2-3-4-9-13-10-11-14(15(16)17-13)12-7-5-6-8-12;1-2-3-4-9-13-10-11-14(17-15(13)16)12-7-5-6-8-12;2*1-2-3-4-9-13-10-11-14(15(13)16)12-7-5-6-8-12;1-2-3-6-9(11)8-5-4-7-10(8)12;2*1-2-3-4-6-9-7-5-8-10(9)11;2*6-5-3-1-2-4-5;1-2-3-4-5-6;;;;;/h2*12-14H,2-11H2,1H3;12-14H,2-11H2,1H3;13H,2-11H2,1H3;8-9,11H,2-7H2,1H3;9H,2-8H2,1H3;6H,2-5,7-8H2,1H3;2*1-4H2;5H,2-4H2,1H3;2*1H3;1H2;;/q;;;;;;;;;;2*-1;;;/b;;;;;;9-6+;;;;;;;;. The molecule has 2 saturated heterocycles. The number of cyclic esters (lactones) is 2. The Bertz CT molecular complexity index is 2790. The molecule has 3 N–H and O–H groups in total. The van der Waals surface area contributed by atoms with Crippen LogP contribution in [-0.4, -0.2) is 87.6 Å². The van der Waals surface area contributed by atoms with Crippen molar-refractivity contribution in [3.8, 4) is 0 Å². The molecule has 2 aliphatic heterocycles. The van der Waals surface area contributed by atoms with Crippen molar-refractivity contribution in [2.45, 2.75) is 523 Å². The van der Waals surface area contributed by atoms with Crippen LogP contribution in [0.3, 0.4) is 0 Å². The van der Waals surface area contributed by atoms with Crippen LogP contribution < -0.4 is 0 Å². The first kappa shape index (κ1) is 122. The summed E-state index contributed by atoms with van der Waals surface area (Å²) in [4.78, 5) is 112. The topological polar surface area (TPSA) is 241 Å². The van der Waals surface area contributed by atoms with E-state index in [1.807, 2.05) is 0 Å². The van der Waals surface area contributed by atoms with Gasteiger partial charge in [-0.2, -0.15) is 0 Å². The fourth-order valence-electron chi connectivity index (χ4n) is 20.6. The van der Waals surface area contributed by atoms with Crippen molar-refractivity contribution >= 4 is 58.7 Å². The van der Waals surface area contributed by atoms with Gasteiger partial charge in [0.25, 0.3) is 0 Å². The molecule has 0 aromatic heterocycles. The van der Waals surface area contributed by atoms with E-state index in [9.17, 15) is 53.1 Å². The summed E-state index contributed by atoms with van der Waals surface area (Å²) in [5.41, 5.74) is 3.86. The largest absolute Gasteiger partial charge is 0.462 e. The molecule has 13 aliphatic rings. The van der Waals surface area contributed by atoms with E-state index in [1.165, 1.54) is 249 Å². The molecule has 722 valence electrons. The van der Waals surface area contributed by atoms with Crippen LogP contribution in [0.15, 0.2) is 22.8 Å². The summed E-state index contributed by atoms with van der Waals surface area (Å²) < 4.78 is 11.3. The van der Waals surface area contributed by atoms with Crippen LogP contribution in [0.2, 0.25) is 0 Å². The summed E-state index contributed by atoms with van der Waals surface area (Å²) >= 11 is 0. The molecule has 13 fully saturated rings. The van der Waals surface area contributed by atoms with E-state index in [1.54, 1.807) is 0 Å². The van der Waals surface area contributed by atoms with Crippen molar-refractivity contribution in [3.63, 3.8) is 0 Å². The van der Waals surface area contributed by atoms with Gasteiger partial charge in [-0.05, 0) is 266 Å². The van der Waals surface area contributed by atoms with Crippen LogP contribution in [0.4, 0.5) is 0 Å². The second-order valence-electron chi connectivity index (χ2n) is 38.0. The molecular formula is C107H188O14Pd2-2. The number of esters is 2. The molecule has 11 saturated carbocycles. The minimum Gasteiger partial charge on any atom is -0.462 e. The van der Waals surface area contributed by atoms with Crippen molar-refractivity contribution in [1.29, 1.82) is 0 Å². The number of hydrogen-bond donors (Lipinski definition) is 1. The second kappa shape index (κ2) is 77.8. The number of ketones is 7. The molecule has 0 spiro atoms. The van der Waals surface area contributed by atoms with E-state index in [4.69, 9.17) is 9.47 Å². The summed E-state index contributed by atoms with van der Waals surface area (Å²) in [5.74, 6) is 7.71. The fourth-order valence-corrected chi connectivity index (χ4v) is 20.6. The number of unbranched alkanes of at least 4 members (excludes halogenated alkanes) is 15. The zero-order chi connectivity index (χ0) is 85.8. The van der Waals surface area contributed by atoms with Crippen LogP contribution in [0, 0.1) is 74.0 Å². The number of hydrogen-bond acceptors (Lipinski definition) is 13. The Balaban J connectivity index is 0. The van der Waals surface area contributed by atoms with Gasteiger partial charge >= 0.3 is 11.9 Å². The van der Waals surface area contributed by atoms with Crippen molar-refractivity contribution in [1.82, 2.24) is 0 Å². The quantitative estimate of drug-likeness (QED) is 0.0161. The van der Waals surface area contributed by atoms with Crippen molar-refractivity contribution in [2.24, 2.45) is 59.2 Å². The molecule has 16 heteroatoms. The number of carbonyl (C=O) groups excluding carboxylic acids is 10. The summed E-state index contributed by atoms with van der Waals surface area (Å²) in [6.07, 6.45) is 83.4. The Hall–Kier alpha value is -2.98. The summed E-state index contributed by atoms with van der Waals surface area (Å²) in [5, 5.41) is 9.63. The third-order valence-corrected chi connectivity index (χ3v) is 28.3. The minimum atomic E-state index is -0.361. The summed E-state index contributed by atoms with van der Waals surface area (Å²) in [6.45, 7) is 17.4. The van der Waals surface area contributed by atoms with Crippen molar-refractivity contribution in [3.05, 3.63) is 37.6 Å². The van der Waals surface area contributed by atoms with Gasteiger partial charge in [-0.1, -0.05) is 228 Å². The van der Waals surface area contributed by atoms with Crippen LogP contribution in [-0.2, 0) is 98.3 Å². The Morgan fingerprint density at radius 3 is 1.24 bits per heavy atom. The molecule has 2 heterocycles. The maximum atomic E-state index is 12.3. The molecule has 14 nitrogen and oxygen atoms in total. The van der Waals surface area contributed by atoms with Crippen molar-refractivity contribution < 1.29 is 109 Å². The Morgan fingerprint density at radius 2 is 0.805 bits per heavy atom. The molecule has 11 aliphatic carbocycles.